The lowest BCUT2D eigenvalue weighted by molar-refractivity contribution is -0.146. The van der Waals surface area contributed by atoms with E-state index >= 15 is 0 Å². The van der Waals surface area contributed by atoms with Crippen molar-refractivity contribution in [1.29, 1.82) is 0 Å². The molecule has 0 saturated heterocycles. The Kier molecular flexibility index (Phi) is 4.77. The topological polar surface area (TPSA) is 77.5 Å². The molecule has 0 N–H and O–H groups in total. The average molecular weight is 310 g/mol. The highest BCUT2D eigenvalue weighted by atomic mass is 32.2. The molecule has 5 nitrogen and oxygen atoms in total. The molecular weight excluding hydrogens is 292 g/mol. The second kappa shape index (κ2) is 6.39. The molecule has 0 aliphatic heterocycles. The van der Waals surface area contributed by atoms with Crippen LogP contribution in [-0.2, 0) is 24.2 Å². The third kappa shape index (κ3) is 3.69. The third-order valence-corrected chi connectivity index (χ3v) is 5.59. The number of hydrogen-bond acceptors (Lipinski definition) is 5. The molecule has 0 radical (unpaired) electrons. The number of hydrogen-bond donors (Lipinski definition) is 0. The first-order valence-electron chi connectivity index (χ1n) is 6.89. The molecule has 1 aliphatic rings. The maximum absolute atomic E-state index is 12.7. The summed E-state index contributed by atoms with van der Waals surface area (Å²) in [6.45, 7) is 1.18. The van der Waals surface area contributed by atoms with Crippen LogP contribution in [0.4, 0.5) is 0 Å². The molecule has 0 amide bonds. The Morgan fingerprint density at radius 2 is 1.95 bits per heavy atom. The minimum Gasteiger partial charge on any atom is -0.445 e. The van der Waals surface area contributed by atoms with E-state index in [9.17, 15) is 18.0 Å². The van der Waals surface area contributed by atoms with Crippen molar-refractivity contribution in [2.45, 2.75) is 42.9 Å². The molecule has 21 heavy (non-hydrogen) atoms. The number of benzene rings is 1. The third-order valence-electron chi connectivity index (χ3n) is 3.56. The largest absolute Gasteiger partial charge is 0.445 e. The fraction of sp³-hybridized carbons (Fsp3) is 0.467. The molecule has 0 aromatic heterocycles. The first kappa shape index (κ1) is 15.7. The number of ketones is 1. The van der Waals surface area contributed by atoms with Gasteiger partial charge in [-0.15, -0.1) is 0 Å². The lowest BCUT2D eigenvalue weighted by Crippen LogP contribution is -2.37. The summed E-state index contributed by atoms with van der Waals surface area (Å²) in [5.74, 6) is -1.11. The van der Waals surface area contributed by atoms with Gasteiger partial charge in [-0.2, -0.15) is 0 Å². The molecule has 2 atom stereocenters. The number of Topliss-reactive ketones (excluding diaryl/α,β-unsaturated/α-hetero) is 1. The summed E-state index contributed by atoms with van der Waals surface area (Å²) in [6.07, 6.45) is 1.81. The molecule has 2 unspecified atom stereocenters. The SMILES string of the molecule is CC(=O)OC(C1CCCC(=O)C1)S(=O)(=O)c1ccccc1. The van der Waals surface area contributed by atoms with E-state index < -0.39 is 27.2 Å². The van der Waals surface area contributed by atoms with Gasteiger partial charge >= 0.3 is 5.97 Å². The molecule has 1 fully saturated rings. The molecule has 1 aromatic carbocycles. The van der Waals surface area contributed by atoms with Crippen molar-refractivity contribution >= 4 is 21.6 Å². The lowest BCUT2D eigenvalue weighted by atomic mass is 9.89. The van der Waals surface area contributed by atoms with Crippen LogP contribution >= 0.6 is 0 Å². The van der Waals surface area contributed by atoms with Gasteiger partial charge < -0.3 is 4.74 Å². The summed E-state index contributed by atoms with van der Waals surface area (Å²) in [5.41, 5.74) is -1.29. The second-order valence-corrected chi connectivity index (χ2v) is 7.26. The Morgan fingerprint density at radius 3 is 2.52 bits per heavy atom. The van der Waals surface area contributed by atoms with Crippen molar-refractivity contribution in [3.05, 3.63) is 30.3 Å². The minimum atomic E-state index is -3.81. The van der Waals surface area contributed by atoms with Gasteiger partial charge in [0.05, 0.1) is 4.90 Å². The number of sulfone groups is 1. The van der Waals surface area contributed by atoms with Crippen molar-refractivity contribution in [2.24, 2.45) is 5.92 Å². The van der Waals surface area contributed by atoms with Crippen LogP contribution in [0.15, 0.2) is 35.2 Å². The summed E-state index contributed by atoms with van der Waals surface area (Å²) < 4.78 is 30.4. The van der Waals surface area contributed by atoms with E-state index in [4.69, 9.17) is 4.74 Å². The molecule has 1 aliphatic carbocycles. The van der Waals surface area contributed by atoms with Gasteiger partial charge in [0.1, 0.15) is 5.78 Å². The van der Waals surface area contributed by atoms with E-state index in [2.05, 4.69) is 0 Å². The quantitative estimate of drug-likeness (QED) is 0.796. The van der Waals surface area contributed by atoms with E-state index in [1.807, 2.05) is 0 Å². The number of carbonyl (C=O) groups is 2. The highest BCUT2D eigenvalue weighted by Crippen LogP contribution is 2.32. The molecule has 0 bridgehead atoms. The van der Waals surface area contributed by atoms with Gasteiger partial charge in [0.15, 0.2) is 0 Å². The summed E-state index contributed by atoms with van der Waals surface area (Å²) in [7, 11) is -3.81. The Bertz CT molecular complexity index is 621. The van der Waals surface area contributed by atoms with Crippen LogP contribution in [0.1, 0.15) is 32.6 Å². The average Bonchev–Trinajstić information content (AvgIpc) is 2.45. The maximum atomic E-state index is 12.7. The predicted octanol–water partition coefficient (Wildman–Crippen LogP) is 2.11. The van der Waals surface area contributed by atoms with Gasteiger partial charge in [0.2, 0.25) is 15.3 Å². The summed E-state index contributed by atoms with van der Waals surface area (Å²) in [4.78, 5) is 23.0. The van der Waals surface area contributed by atoms with Crippen LogP contribution in [0, 0.1) is 5.92 Å². The molecule has 2 rings (SSSR count). The lowest BCUT2D eigenvalue weighted by Gasteiger charge is -2.28. The van der Waals surface area contributed by atoms with E-state index in [0.29, 0.717) is 19.3 Å². The fourth-order valence-electron chi connectivity index (χ4n) is 2.61. The van der Waals surface area contributed by atoms with Crippen molar-refractivity contribution in [3.63, 3.8) is 0 Å². The van der Waals surface area contributed by atoms with Crippen molar-refractivity contribution in [3.8, 4) is 0 Å². The van der Waals surface area contributed by atoms with E-state index in [1.165, 1.54) is 19.1 Å². The molecule has 0 heterocycles. The van der Waals surface area contributed by atoms with E-state index in [-0.39, 0.29) is 17.1 Å². The van der Waals surface area contributed by atoms with Gasteiger partial charge in [-0.1, -0.05) is 18.2 Å². The van der Waals surface area contributed by atoms with Crippen LogP contribution in [0.5, 0.6) is 0 Å². The second-order valence-electron chi connectivity index (χ2n) is 5.23. The Labute approximate surface area is 124 Å². The van der Waals surface area contributed by atoms with Crippen LogP contribution in [0.2, 0.25) is 0 Å². The first-order valence-corrected chi connectivity index (χ1v) is 8.44. The first-order chi connectivity index (χ1) is 9.91. The number of carbonyl (C=O) groups excluding carboxylic acids is 2. The van der Waals surface area contributed by atoms with Crippen LogP contribution < -0.4 is 0 Å². The molecule has 1 saturated carbocycles. The number of ether oxygens (including phenoxy) is 1. The maximum Gasteiger partial charge on any atom is 0.303 e. The van der Waals surface area contributed by atoms with Gasteiger partial charge in [0, 0.05) is 25.7 Å². The summed E-state index contributed by atoms with van der Waals surface area (Å²) >= 11 is 0. The molecular formula is C15H18O5S. The van der Waals surface area contributed by atoms with Gasteiger partial charge in [-0.3, -0.25) is 9.59 Å². The normalized spacial score (nSPS) is 20.8. The monoisotopic (exact) mass is 310 g/mol. The Balaban J connectivity index is 2.35. The number of rotatable bonds is 4. The van der Waals surface area contributed by atoms with Crippen LogP contribution in [0.3, 0.4) is 0 Å². The standard InChI is InChI=1S/C15H18O5S/c1-11(16)20-15(12-6-5-7-13(17)10-12)21(18,19)14-8-3-2-4-9-14/h2-4,8-9,12,15H,5-7,10H2,1H3. The highest BCUT2D eigenvalue weighted by Gasteiger charge is 2.39. The highest BCUT2D eigenvalue weighted by molar-refractivity contribution is 7.92. The predicted molar refractivity (Wildman–Crippen MR) is 76.1 cm³/mol. The number of esters is 1. The smallest absolute Gasteiger partial charge is 0.303 e. The van der Waals surface area contributed by atoms with Crippen molar-refractivity contribution in [1.82, 2.24) is 0 Å². The summed E-state index contributed by atoms with van der Waals surface area (Å²) in [5, 5.41) is 0. The molecule has 0 spiro atoms. The minimum absolute atomic E-state index is 0.0201. The van der Waals surface area contributed by atoms with Crippen LogP contribution in [0.25, 0.3) is 0 Å². The Morgan fingerprint density at radius 1 is 1.29 bits per heavy atom. The van der Waals surface area contributed by atoms with E-state index in [0.717, 1.165) is 0 Å². The van der Waals surface area contributed by atoms with Crippen molar-refractivity contribution in [2.75, 3.05) is 0 Å². The van der Waals surface area contributed by atoms with Crippen LogP contribution in [-0.4, -0.2) is 25.6 Å². The van der Waals surface area contributed by atoms with Gasteiger partial charge in [0.25, 0.3) is 0 Å². The van der Waals surface area contributed by atoms with Gasteiger partial charge in [-0.25, -0.2) is 8.42 Å². The molecule has 1 aromatic rings. The molecule has 6 heteroatoms. The zero-order valence-corrected chi connectivity index (χ0v) is 12.6. The molecule has 114 valence electrons. The van der Waals surface area contributed by atoms with Crippen molar-refractivity contribution < 1.29 is 22.7 Å². The zero-order valence-electron chi connectivity index (χ0n) is 11.8. The summed E-state index contributed by atoms with van der Waals surface area (Å²) in [6, 6.07) is 7.88. The van der Waals surface area contributed by atoms with Gasteiger partial charge in [-0.05, 0) is 25.0 Å². The zero-order chi connectivity index (χ0) is 15.5. The van der Waals surface area contributed by atoms with E-state index in [1.54, 1.807) is 18.2 Å². The Hall–Kier alpha value is -1.69. The fourth-order valence-corrected chi connectivity index (χ4v) is 4.42.